The highest BCUT2D eigenvalue weighted by Crippen LogP contribution is 2.25. The van der Waals surface area contributed by atoms with Crippen molar-refractivity contribution >= 4 is 12.1 Å². The van der Waals surface area contributed by atoms with Crippen molar-refractivity contribution in [2.75, 3.05) is 7.11 Å². The topological polar surface area (TPSA) is 111 Å². The molecule has 1 amide bonds. The normalized spacial score (nSPS) is 10.6. The Labute approximate surface area is 126 Å². The number of phenolic OH excluding ortho intramolecular Hbond substituents is 3. The number of ether oxygens (including phenoxy) is 1. The third kappa shape index (κ3) is 3.45. The van der Waals surface area contributed by atoms with Crippen molar-refractivity contribution in [1.29, 1.82) is 0 Å². The maximum atomic E-state index is 11.8. The fraction of sp³-hybridized carbons (Fsp3) is 0.0667. The van der Waals surface area contributed by atoms with Crippen LogP contribution in [0.1, 0.15) is 15.9 Å². The Morgan fingerprint density at radius 1 is 1.14 bits per heavy atom. The van der Waals surface area contributed by atoms with Crippen LogP contribution in [0.25, 0.3) is 0 Å². The first-order valence-corrected chi connectivity index (χ1v) is 6.23. The smallest absolute Gasteiger partial charge is 0.275 e. The largest absolute Gasteiger partial charge is 0.508 e. The Morgan fingerprint density at radius 2 is 1.91 bits per heavy atom. The Bertz CT molecular complexity index is 728. The van der Waals surface area contributed by atoms with Crippen LogP contribution < -0.4 is 10.2 Å². The predicted octanol–water partition coefficient (Wildman–Crippen LogP) is 1.58. The van der Waals surface area contributed by atoms with Crippen LogP contribution in [0, 0.1) is 0 Å². The van der Waals surface area contributed by atoms with Gasteiger partial charge in [-0.1, -0.05) is 0 Å². The number of benzene rings is 2. The third-order valence-corrected chi connectivity index (χ3v) is 2.81. The van der Waals surface area contributed by atoms with Crippen LogP contribution in [0.5, 0.6) is 23.0 Å². The lowest BCUT2D eigenvalue weighted by Crippen LogP contribution is -2.17. The molecule has 0 saturated carbocycles. The Balaban J connectivity index is 2.05. The molecule has 2 rings (SSSR count). The summed E-state index contributed by atoms with van der Waals surface area (Å²) >= 11 is 0. The van der Waals surface area contributed by atoms with Crippen molar-refractivity contribution in [1.82, 2.24) is 5.43 Å². The van der Waals surface area contributed by atoms with Crippen LogP contribution in [-0.4, -0.2) is 34.6 Å². The first-order chi connectivity index (χ1) is 10.5. The molecule has 0 aliphatic heterocycles. The van der Waals surface area contributed by atoms with Gasteiger partial charge >= 0.3 is 0 Å². The first-order valence-electron chi connectivity index (χ1n) is 6.23. The van der Waals surface area contributed by atoms with E-state index in [1.807, 2.05) is 0 Å². The van der Waals surface area contributed by atoms with Gasteiger partial charge in [0.2, 0.25) is 0 Å². The Hall–Kier alpha value is -3.22. The summed E-state index contributed by atoms with van der Waals surface area (Å²) < 4.78 is 4.91. The monoisotopic (exact) mass is 302 g/mol. The number of carbonyl (C=O) groups excluding carboxylic acids is 1. The Morgan fingerprint density at radius 3 is 2.55 bits per heavy atom. The molecule has 4 N–H and O–H groups in total. The van der Waals surface area contributed by atoms with Crippen LogP contribution >= 0.6 is 0 Å². The lowest BCUT2D eigenvalue weighted by atomic mass is 10.2. The van der Waals surface area contributed by atoms with E-state index in [-0.39, 0.29) is 22.8 Å². The maximum Gasteiger partial charge on any atom is 0.275 e. The molecule has 0 heterocycles. The van der Waals surface area contributed by atoms with E-state index in [4.69, 9.17) is 9.84 Å². The number of hydrazone groups is 1. The van der Waals surface area contributed by atoms with Crippen LogP contribution in [0.4, 0.5) is 0 Å². The zero-order valence-corrected chi connectivity index (χ0v) is 11.6. The van der Waals surface area contributed by atoms with Gasteiger partial charge in [0, 0.05) is 6.07 Å². The van der Waals surface area contributed by atoms with E-state index in [0.717, 1.165) is 6.07 Å². The number of rotatable bonds is 4. The number of methoxy groups -OCH3 is 1. The molecule has 2 aromatic carbocycles. The molecule has 22 heavy (non-hydrogen) atoms. The van der Waals surface area contributed by atoms with Gasteiger partial charge in [-0.15, -0.1) is 0 Å². The number of amides is 1. The molecule has 7 heteroatoms. The van der Waals surface area contributed by atoms with Gasteiger partial charge in [-0.05, 0) is 35.9 Å². The van der Waals surface area contributed by atoms with Gasteiger partial charge in [-0.2, -0.15) is 5.10 Å². The van der Waals surface area contributed by atoms with Crippen LogP contribution in [0.15, 0.2) is 41.5 Å². The summed E-state index contributed by atoms with van der Waals surface area (Å²) in [6, 6.07) is 8.23. The second-order valence-corrected chi connectivity index (χ2v) is 4.33. The maximum absolute atomic E-state index is 11.8. The zero-order valence-electron chi connectivity index (χ0n) is 11.6. The predicted molar refractivity (Wildman–Crippen MR) is 79.5 cm³/mol. The summed E-state index contributed by atoms with van der Waals surface area (Å²) in [6.45, 7) is 0. The standard InChI is InChI=1S/C15H14N2O5/c1-22-14-5-2-9(6-13(14)20)8-16-17-15(21)11-4-3-10(18)7-12(11)19/h2-8,18-20H,1H3,(H,17,21)/b16-8-. The Kier molecular flexibility index (Phi) is 4.47. The highest BCUT2D eigenvalue weighted by Gasteiger charge is 2.10. The average Bonchev–Trinajstić information content (AvgIpc) is 2.47. The average molecular weight is 302 g/mol. The zero-order chi connectivity index (χ0) is 16.1. The van der Waals surface area contributed by atoms with Crippen molar-refractivity contribution in [2.45, 2.75) is 0 Å². The number of nitrogens with zero attached hydrogens (tertiary/aromatic N) is 1. The molecule has 2 aromatic rings. The molecular weight excluding hydrogens is 288 g/mol. The second kappa shape index (κ2) is 6.49. The van der Waals surface area contributed by atoms with E-state index in [1.165, 1.54) is 31.5 Å². The number of hydrogen-bond donors (Lipinski definition) is 4. The fourth-order valence-corrected chi connectivity index (χ4v) is 1.73. The van der Waals surface area contributed by atoms with Crippen LogP contribution in [-0.2, 0) is 0 Å². The summed E-state index contributed by atoms with van der Waals surface area (Å²) in [5.41, 5.74) is 2.76. The van der Waals surface area contributed by atoms with Crippen molar-refractivity contribution in [3.63, 3.8) is 0 Å². The van der Waals surface area contributed by atoms with Crippen LogP contribution in [0.2, 0.25) is 0 Å². The van der Waals surface area contributed by atoms with Crippen molar-refractivity contribution in [3.8, 4) is 23.0 Å². The number of phenols is 3. The van der Waals surface area contributed by atoms with E-state index >= 15 is 0 Å². The van der Waals surface area contributed by atoms with E-state index in [2.05, 4.69) is 10.5 Å². The summed E-state index contributed by atoms with van der Waals surface area (Å²) in [5, 5.41) is 32.0. The third-order valence-electron chi connectivity index (χ3n) is 2.81. The van der Waals surface area contributed by atoms with Crippen LogP contribution in [0.3, 0.4) is 0 Å². The quantitative estimate of drug-likeness (QED) is 0.506. The molecule has 0 aliphatic rings. The number of nitrogens with one attached hydrogen (secondary N) is 1. The van der Waals surface area contributed by atoms with Gasteiger partial charge in [0.15, 0.2) is 11.5 Å². The fourth-order valence-electron chi connectivity index (χ4n) is 1.73. The van der Waals surface area contributed by atoms with E-state index in [9.17, 15) is 15.0 Å². The highest BCUT2D eigenvalue weighted by atomic mass is 16.5. The molecule has 0 aliphatic carbocycles. The van der Waals surface area contributed by atoms with Gasteiger partial charge in [0.05, 0.1) is 18.9 Å². The molecule has 0 bridgehead atoms. The molecule has 0 atom stereocenters. The minimum atomic E-state index is -0.633. The lowest BCUT2D eigenvalue weighted by Gasteiger charge is -2.04. The van der Waals surface area contributed by atoms with Gasteiger partial charge in [0.1, 0.15) is 11.5 Å². The molecule has 0 aromatic heterocycles. The molecule has 0 radical (unpaired) electrons. The van der Waals surface area contributed by atoms with Crippen molar-refractivity contribution in [3.05, 3.63) is 47.5 Å². The van der Waals surface area contributed by atoms with E-state index in [1.54, 1.807) is 12.1 Å². The minimum Gasteiger partial charge on any atom is -0.508 e. The summed E-state index contributed by atoms with van der Waals surface area (Å²) in [4.78, 5) is 11.8. The molecule has 7 nitrogen and oxygen atoms in total. The highest BCUT2D eigenvalue weighted by molar-refractivity contribution is 5.97. The van der Waals surface area contributed by atoms with Gasteiger partial charge in [-0.3, -0.25) is 4.79 Å². The van der Waals surface area contributed by atoms with E-state index < -0.39 is 5.91 Å². The molecular formula is C15H14N2O5. The number of aromatic hydroxyl groups is 3. The molecule has 0 saturated heterocycles. The second-order valence-electron chi connectivity index (χ2n) is 4.33. The lowest BCUT2D eigenvalue weighted by molar-refractivity contribution is 0.0952. The summed E-state index contributed by atoms with van der Waals surface area (Å²) in [6.07, 6.45) is 1.33. The summed E-state index contributed by atoms with van der Waals surface area (Å²) in [5.74, 6) is -0.850. The molecule has 0 fully saturated rings. The van der Waals surface area contributed by atoms with Gasteiger partial charge in [0.25, 0.3) is 5.91 Å². The van der Waals surface area contributed by atoms with Crippen molar-refractivity contribution in [2.24, 2.45) is 5.10 Å². The number of carbonyl (C=O) groups is 1. The van der Waals surface area contributed by atoms with Gasteiger partial charge < -0.3 is 20.1 Å². The van der Waals surface area contributed by atoms with Gasteiger partial charge in [-0.25, -0.2) is 5.43 Å². The molecule has 114 valence electrons. The summed E-state index contributed by atoms with van der Waals surface area (Å²) in [7, 11) is 1.44. The number of hydrogen-bond acceptors (Lipinski definition) is 6. The molecule has 0 unspecified atom stereocenters. The minimum absolute atomic E-state index is 0.0208. The SMILES string of the molecule is COc1ccc(/C=N\NC(=O)c2ccc(O)cc2O)cc1O. The molecule has 0 spiro atoms. The first kappa shape index (κ1) is 15.2. The van der Waals surface area contributed by atoms with E-state index in [0.29, 0.717) is 11.3 Å². The van der Waals surface area contributed by atoms with Crippen molar-refractivity contribution < 1.29 is 24.9 Å².